The average Bonchev–Trinajstić information content (AvgIpc) is 3.29. The Kier molecular flexibility index (Phi) is 5.67. The molecule has 1 aliphatic carbocycles. The fourth-order valence-electron chi connectivity index (χ4n) is 6.77. The maximum absolute atomic E-state index is 2.51. The predicted molar refractivity (Wildman–Crippen MR) is 174 cm³/mol. The first-order chi connectivity index (χ1) is 19.7. The van der Waals surface area contributed by atoms with E-state index in [2.05, 4.69) is 134 Å². The van der Waals surface area contributed by atoms with Crippen molar-refractivity contribution in [3.63, 3.8) is 0 Å². The van der Waals surface area contributed by atoms with E-state index in [0.717, 1.165) is 6.42 Å². The maximum Gasteiger partial charge on any atom is 0.0458 e. The van der Waals surface area contributed by atoms with Crippen molar-refractivity contribution in [2.24, 2.45) is 5.92 Å². The van der Waals surface area contributed by atoms with Gasteiger partial charge in [-0.15, -0.1) is 11.8 Å². The maximum atomic E-state index is 2.51. The van der Waals surface area contributed by atoms with Crippen LogP contribution in [0.5, 0.6) is 0 Å². The quantitative estimate of drug-likeness (QED) is 0.158. The first kappa shape index (κ1) is 23.8. The molecule has 0 amide bonds. The van der Waals surface area contributed by atoms with Crippen molar-refractivity contribution in [2.45, 2.75) is 29.9 Å². The average molecular weight is 531 g/mol. The Balaban J connectivity index is 1.26. The summed E-state index contributed by atoms with van der Waals surface area (Å²) in [4.78, 5) is 1.44. The molecule has 0 saturated heterocycles. The van der Waals surface area contributed by atoms with E-state index in [1.54, 1.807) is 5.57 Å². The second-order valence-corrected chi connectivity index (χ2v) is 12.6. The molecule has 1 heteroatoms. The first-order valence-corrected chi connectivity index (χ1v) is 15.2. The number of rotatable bonds is 2. The van der Waals surface area contributed by atoms with Crippen LogP contribution < -0.4 is 0 Å². The second-order valence-electron chi connectivity index (χ2n) is 11.4. The summed E-state index contributed by atoms with van der Waals surface area (Å²) < 4.78 is 0. The normalized spacial score (nSPS) is 18.4. The summed E-state index contributed by atoms with van der Waals surface area (Å²) in [6.45, 7) is 2.33. The summed E-state index contributed by atoms with van der Waals surface area (Å²) in [5, 5.41) is 8.32. The summed E-state index contributed by atoms with van der Waals surface area (Å²) >= 11 is 2.01. The molecule has 2 atom stereocenters. The highest BCUT2D eigenvalue weighted by atomic mass is 32.2. The zero-order valence-corrected chi connectivity index (χ0v) is 23.4. The molecule has 2 bridgehead atoms. The van der Waals surface area contributed by atoms with E-state index in [4.69, 9.17) is 0 Å². The highest BCUT2D eigenvalue weighted by molar-refractivity contribution is 8.00. The molecule has 40 heavy (non-hydrogen) atoms. The molecule has 0 radical (unpaired) electrons. The molecule has 1 aliphatic heterocycles. The highest BCUT2D eigenvalue weighted by Gasteiger charge is 2.22. The smallest absolute Gasteiger partial charge is 0.0458 e. The molecule has 0 saturated carbocycles. The summed E-state index contributed by atoms with van der Waals surface area (Å²) in [6, 6.07) is 40.7. The van der Waals surface area contributed by atoms with Crippen LogP contribution >= 0.6 is 11.8 Å². The van der Waals surface area contributed by atoms with E-state index >= 15 is 0 Å². The summed E-state index contributed by atoms with van der Waals surface area (Å²) in [5.74, 6) is 0.621. The number of thioether (sulfide) groups is 1. The van der Waals surface area contributed by atoms with Crippen molar-refractivity contribution in [2.75, 3.05) is 0 Å². The molecule has 8 rings (SSSR count). The molecular weight excluding hydrogens is 500 g/mol. The van der Waals surface area contributed by atoms with Crippen LogP contribution in [-0.4, -0.2) is 5.25 Å². The Labute approximate surface area is 240 Å². The van der Waals surface area contributed by atoms with Crippen LogP contribution in [0.4, 0.5) is 0 Å². The van der Waals surface area contributed by atoms with Gasteiger partial charge in [0.15, 0.2) is 0 Å². The molecule has 0 spiro atoms. The molecule has 6 aromatic carbocycles. The molecule has 6 aromatic rings. The van der Waals surface area contributed by atoms with Crippen LogP contribution in [-0.2, 0) is 6.42 Å². The van der Waals surface area contributed by atoms with Gasteiger partial charge in [0.05, 0.1) is 0 Å². The van der Waals surface area contributed by atoms with Crippen molar-refractivity contribution in [3.05, 3.63) is 139 Å². The van der Waals surface area contributed by atoms with Crippen molar-refractivity contribution in [1.82, 2.24) is 0 Å². The lowest BCUT2D eigenvalue weighted by atomic mass is 9.91. The largest absolute Gasteiger partial charge is 0.113 e. The minimum atomic E-state index is 0.411. The number of hydrogen-bond acceptors (Lipinski definition) is 1. The van der Waals surface area contributed by atoms with Gasteiger partial charge in [0.25, 0.3) is 0 Å². The van der Waals surface area contributed by atoms with E-state index in [1.807, 2.05) is 11.8 Å². The summed E-state index contributed by atoms with van der Waals surface area (Å²) in [7, 11) is 0. The van der Waals surface area contributed by atoms with Gasteiger partial charge in [-0.2, -0.15) is 0 Å². The molecular formula is C39H30S. The Morgan fingerprint density at radius 2 is 1.23 bits per heavy atom. The lowest BCUT2D eigenvalue weighted by Gasteiger charge is -2.17. The van der Waals surface area contributed by atoms with Gasteiger partial charge in [0, 0.05) is 10.1 Å². The van der Waals surface area contributed by atoms with Crippen LogP contribution in [0.1, 0.15) is 18.9 Å². The van der Waals surface area contributed by atoms with Gasteiger partial charge in [-0.25, -0.2) is 0 Å². The van der Waals surface area contributed by atoms with Crippen LogP contribution in [0.3, 0.4) is 0 Å². The van der Waals surface area contributed by atoms with Gasteiger partial charge in [-0.3, -0.25) is 0 Å². The van der Waals surface area contributed by atoms with Crippen LogP contribution in [0.25, 0.3) is 54.6 Å². The number of hydrogen-bond donors (Lipinski definition) is 0. The van der Waals surface area contributed by atoms with Gasteiger partial charge in [-0.1, -0.05) is 128 Å². The fraction of sp³-hybridized carbons (Fsp3) is 0.128. The van der Waals surface area contributed by atoms with Crippen LogP contribution in [0.2, 0.25) is 0 Å². The van der Waals surface area contributed by atoms with E-state index in [0.29, 0.717) is 11.2 Å². The minimum Gasteiger partial charge on any atom is -0.113 e. The predicted octanol–water partition coefficient (Wildman–Crippen LogP) is 11.0. The standard InChI is InChI=1S/C39H30S/c1-25-16-18-31-22-26(20-25)21-30-10-7-15-32(39(30)40-31)29-9-6-8-27(23-29)28-17-19-37-35-13-3-2-11-33(35)34-12-4-5-14-36(34)38(37)24-28/h2-19,22-25,31H,20-21H2,1H3/t25-,31?/m0/s1. The second kappa shape index (κ2) is 9.54. The molecule has 0 N–H and O–H groups in total. The van der Waals surface area contributed by atoms with Gasteiger partial charge in [0.1, 0.15) is 0 Å². The molecule has 192 valence electrons. The van der Waals surface area contributed by atoms with E-state index < -0.39 is 0 Å². The fourth-order valence-corrected chi connectivity index (χ4v) is 8.07. The molecule has 0 nitrogen and oxygen atoms in total. The van der Waals surface area contributed by atoms with E-state index in [-0.39, 0.29) is 0 Å². The van der Waals surface area contributed by atoms with Crippen LogP contribution in [0, 0.1) is 5.92 Å². The molecule has 2 aliphatic rings. The zero-order valence-electron chi connectivity index (χ0n) is 22.6. The number of fused-ring (bicyclic) bond motifs is 8. The lowest BCUT2D eigenvalue weighted by molar-refractivity contribution is 0.706. The zero-order chi connectivity index (χ0) is 26.6. The van der Waals surface area contributed by atoms with Crippen molar-refractivity contribution in [3.8, 4) is 22.3 Å². The van der Waals surface area contributed by atoms with E-state index in [1.165, 1.54) is 71.5 Å². The summed E-state index contributed by atoms with van der Waals surface area (Å²) in [6.07, 6.45) is 9.55. The van der Waals surface area contributed by atoms with Gasteiger partial charge < -0.3 is 0 Å². The Hall–Kier alpha value is -4.07. The third kappa shape index (κ3) is 4.00. The number of allylic oxidation sites excluding steroid dienone is 2. The molecule has 0 fully saturated rings. The lowest BCUT2D eigenvalue weighted by Crippen LogP contribution is -1.98. The molecule has 0 aromatic heterocycles. The van der Waals surface area contributed by atoms with Crippen molar-refractivity contribution >= 4 is 44.1 Å². The Morgan fingerprint density at radius 1 is 0.575 bits per heavy atom. The minimum absolute atomic E-state index is 0.411. The Morgan fingerprint density at radius 3 is 2.00 bits per heavy atom. The Bertz CT molecular complexity index is 1970. The molecule has 1 heterocycles. The summed E-state index contributed by atoms with van der Waals surface area (Å²) in [5.41, 5.74) is 8.21. The number of benzene rings is 6. The van der Waals surface area contributed by atoms with Gasteiger partial charge in [-0.05, 0) is 91.0 Å². The SMILES string of the molecule is C[C@H]1C=CC2C=C(Cc3cccc(-c4cccc(-c5ccc6c7ccccc7c7ccccc7c6c5)c4)c3S2)C1. The van der Waals surface area contributed by atoms with Gasteiger partial charge >= 0.3 is 0 Å². The monoisotopic (exact) mass is 530 g/mol. The van der Waals surface area contributed by atoms with E-state index in [9.17, 15) is 0 Å². The third-order valence-electron chi connectivity index (χ3n) is 8.63. The van der Waals surface area contributed by atoms with Crippen molar-refractivity contribution in [1.29, 1.82) is 0 Å². The van der Waals surface area contributed by atoms with Crippen LogP contribution in [0.15, 0.2) is 138 Å². The molecule has 1 unspecified atom stereocenters. The van der Waals surface area contributed by atoms with Crippen molar-refractivity contribution < 1.29 is 0 Å². The van der Waals surface area contributed by atoms with Gasteiger partial charge in [0.2, 0.25) is 0 Å². The third-order valence-corrected chi connectivity index (χ3v) is 9.92. The first-order valence-electron chi connectivity index (χ1n) is 14.3. The topological polar surface area (TPSA) is 0 Å². The highest BCUT2D eigenvalue weighted by Crippen LogP contribution is 2.44.